The second-order valence-corrected chi connectivity index (χ2v) is 10.7. The number of aromatic nitrogens is 1. The third kappa shape index (κ3) is 6.01. The zero-order valence-corrected chi connectivity index (χ0v) is 24.1. The number of anilines is 2. The van der Waals surface area contributed by atoms with E-state index in [1.54, 1.807) is 6.20 Å². The van der Waals surface area contributed by atoms with Crippen LogP contribution in [0.3, 0.4) is 0 Å². The number of furan rings is 1. The van der Waals surface area contributed by atoms with Gasteiger partial charge in [0, 0.05) is 27.6 Å². The van der Waals surface area contributed by atoms with E-state index in [1.165, 1.54) is 0 Å². The molecule has 204 valence electrons. The first-order chi connectivity index (χ1) is 20.0. The first-order valence-corrected chi connectivity index (χ1v) is 14.2. The van der Waals surface area contributed by atoms with Crippen LogP contribution in [0.15, 0.2) is 124 Å². The maximum atomic E-state index is 12.5. The van der Waals surface area contributed by atoms with E-state index < -0.39 is 0 Å². The molecule has 1 aliphatic rings. The van der Waals surface area contributed by atoms with Crippen molar-refractivity contribution in [3.63, 3.8) is 0 Å². The molecule has 2 atom stereocenters. The van der Waals surface area contributed by atoms with E-state index in [1.807, 2.05) is 114 Å². The minimum atomic E-state index is -0.290. The molecule has 0 spiro atoms. The quantitative estimate of drug-likeness (QED) is 0.175. The number of ether oxygens (including phenoxy) is 1. The number of rotatable bonds is 8. The standard InChI is InChI=1S/C32H25BrN4O3S/c33-22-11-9-21(10-12-22)27-17-18-28(40-27)31-30(26-8-4-5-19-34-26)36-32(41)37(31)24-15-13-23(14-16-24)35-29(38)20-39-25-6-2-1-3-7-25/h1-19,30-31H,20H2,(H,35,38)(H,36,41)/t30-,31+/m0/s1. The smallest absolute Gasteiger partial charge is 0.262 e. The van der Waals surface area contributed by atoms with Gasteiger partial charge >= 0.3 is 0 Å². The Balaban J connectivity index is 1.25. The van der Waals surface area contributed by atoms with Gasteiger partial charge in [-0.15, -0.1) is 0 Å². The van der Waals surface area contributed by atoms with Crippen molar-refractivity contribution >= 4 is 50.5 Å². The fourth-order valence-corrected chi connectivity index (χ4v) is 5.38. The normalized spacial score (nSPS) is 16.3. The number of carbonyl (C=O) groups excluding carboxylic acids is 1. The highest BCUT2D eigenvalue weighted by Gasteiger charge is 2.42. The summed E-state index contributed by atoms with van der Waals surface area (Å²) in [5, 5.41) is 6.88. The summed E-state index contributed by atoms with van der Waals surface area (Å²) in [7, 11) is 0. The van der Waals surface area contributed by atoms with Gasteiger partial charge in [-0.2, -0.15) is 0 Å². The third-order valence-corrected chi connectivity index (χ3v) is 7.53. The van der Waals surface area contributed by atoms with Crippen LogP contribution in [0.2, 0.25) is 0 Å². The Morgan fingerprint density at radius 2 is 1.71 bits per heavy atom. The molecule has 0 aliphatic carbocycles. The Morgan fingerprint density at radius 3 is 2.44 bits per heavy atom. The minimum Gasteiger partial charge on any atom is -0.484 e. The number of halogens is 1. The molecule has 6 rings (SSSR count). The first-order valence-electron chi connectivity index (χ1n) is 13.0. The molecule has 3 aromatic carbocycles. The molecular formula is C32H25BrN4O3S. The fraction of sp³-hybridized carbons (Fsp3) is 0.0938. The van der Waals surface area contributed by atoms with E-state index >= 15 is 0 Å². The van der Waals surface area contributed by atoms with Gasteiger partial charge in [0.25, 0.3) is 5.91 Å². The molecule has 0 unspecified atom stereocenters. The van der Waals surface area contributed by atoms with Crippen molar-refractivity contribution in [1.29, 1.82) is 0 Å². The lowest BCUT2D eigenvalue weighted by Gasteiger charge is -2.26. The number of nitrogens with one attached hydrogen (secondary N) is 2. The van der Waals surface area contributed by atoms with Crippen LogP contribution >= 0.6 is 28.1 Å². The van der Waals surface area contributed by atoms with E-state index in [0.29, 0.717) is 16.5 Å². The van der Waals surface area contributed by atoms with E-state index in [0.717, 1.165) is 32.9 Å². The van der Waals surface area contributed by atoms with E-state index in [9.17, 15) is 4.79 Å². The highest BCUT2D eigenvalue weighted by atomic mass is 79.9. The monoisotopic (exact) mass is 624 g/mol. The summed E-state index contributed by atoms with van der Waals surface area (Å²) in [4.78, 5) is 19.1. The summed E-state index contributed by atoms with van der Waals surface area (Å²) in [6, 6.07) is 34.0. The predicted octanol–water partition coefficient (Wildman–Crippen LogP) is 7.30. The van der Waals surface area contributed by atoms with Crippen molar-refractivity contribution in [2.24, 2.45) is 0 Å². The SMILES string of the molecule is O=C(COc1ccccc1)Nc1ccc(N2C(=S)N[C@@H](c3ccccn3)[C@H]2c2ccc(-c3ccc(Br)cc3)o2)cc1. The average molecular weight is 626 g/mol. The number of thiocarbonyl (C=S) groups is 1. The van der Waals surface area contributed by atoms with Gasteiger partial charge in [-0.1, -0.05) is 52.3 Å². The van der Waals surface area contributed by atoms with Gasteiger partial charge in [-0.25, -0.2) is 0 Å². The summed E-state index contributed by atoms with van der Waals surface area (Å²) in [5.41, 5.74) is 3.34. The summed E-state index contributed by atoms with van der Waals surface area (Å²) < 4.78 is 13.0. The lowest BCUT2D eigenvalue weighted by molar-refractivity contribution is -0.118. The molecule has 0 radical (unpaired) electrons. The summed E-state index contributed by atoms with van der Waals surface area (Å²) in [6.07, 6.45) is 1.77. The molecule has 2 N–H and O–H groups in total. The molecule has 7 nitrogen and oxygen atoms in total. The molecule has 1 fully saturated rings. The maximum Gasteiger partial charge on any atom is 0.262 e. The molecular weight excluding hydrogens is 600 g/mol. The zero-order chi connectivity index (χ0) is 28.2. The average Bonchev–Trinajstić information content (AvgIpc) is 3.63. The van der Waals surface area contributed by atoms with Crippen LogP contribution in [0.4, 0.5) is 11.4 Å². The largest absolute Gasteiger partial charge is 0.484 e. The Bertz CT molecular complexity index is 1640. The van der Waals surface area contributed by atoms with Crippen LogP contribution in [0.25, 0.3) is 11.3 Å². The second kappa shape index (κ2) is 12.0. The Morgan fingerprint density at radius 1 is 0.951 bits per heavy atom. The highest BCUT2D eigenvalue weighted by molar-refractivity contribution is 9.10. The summed E-state index contributed by atoms with van der Waals surface area (Å²) >= 11 is 9.32. The third-order valence-electron chi connectivity index (χ3n) is 6.69. The number of hydrogen-bond donors (Lipinski definition) is 2. The molecule has 1 saturated heterocycles. The van der Waals surface area contributed by atoms with Crippen LogP contribution in [0.1, 0.15) is 23.5 Å². The predicted molar refractivity (Wildman–Crippen MR) is 167 cm³/mol. The first kappa shape index (κ1) is 26.7. The van der Waals surface area contributed by atoms with Crippen molar-refractivity contribution in [3.05, 3.63) is 131 Å². The summed E-state index contributed by atoms with van der Waals surface area (Å²) in [5.74, 6) is 1.91. The van der Waals surface area contributed by atoms with Crippen LogP contribution in [-0.2, 0) is 4.79 Å². The van der Waals surface area contributed by atoms with E-state index in [2.05, 4.69) is 31.5 Å². The highest BCUT2D eigenvalue weighted by Crippen LogP contribution is 2.43. The van der Waals surface area contributed by atoms with Gasteiger partial charge in [-0.3, -0.25) is 9.78 Å². The van der Waals surface area contributed by atoms with Crippen LogP contribution < -0.4 is 20.3 Å². The molecule has 1 amide bonds. The Kier molecular flexibility index (Phi) is 7.80. The van der Waals surface area contributed by atoms with Gasteiger partial charge in [0.15, 0.2) is 11.7 Å². The van der Waals surface area contributed by atoms with Crippen molar-refractivity contribution in [2.45, 2.75) is 12.1 Å². The number of pyridine rings is 1. The van der Waals surface area contributed by atoms with Gasteiger partial charge < -0.3 is 24.7 Å². The van der Waals surface area contributed by atoms with Gasteiger partial charge in [0.1, 0.15) is 23.3 Å². The number of benzene rings is 3. The fourth-order valence-electron chi connectivity index (χ4n) is 4.77. The molecule has 3 heterocycles. The van der Waals surface area contributed by atoms with Crippen LogP contribution in [-0.4, -0.2) is 22.6 Å². The molecule has 0 bridgehead atoms. The minimum absolute atomic E-state index is 0.0844. The topological polar surface area (TPSA) is 79.6 Å². The lowest BCUT2D eigenvalue weighted by Crippen LogP contribution is -2.29. The van der Waals surface area contributed by atoms with Gasteiger partial charge in [0.2, 0.25) is 0 Å². The second-order valence-electron chi connectivity index (χ2n) is 9.40. The molecule has 0 saturated carbocycles. The molecule has 5 aromatic rings. The van der Waals surface area contributed by atoms with Crippen molar-refractivity contribution in [3.8, 4) is 17.1 Å². The van der Waals surface area contributed by atoms with Gasteiger partial charge in [-0.05, 0) is 85.0 Å². The summed E-state index contributed by atoms with van der Waals surface area (Å²) in [6.45, 7) is -0.0844. The molecule has 9 heteroatoms. The number of amides is 1. The maximum absolute atomic E-state index is 12.5. The Hall–Kier alpha value is -4.47. The molecule has 1 aliphatic heterocycles. The lowest BCUT2D eigenvalue weighted by atomic mass is 10.0. The van der Waals surface area contributed by atoms with Gasteiger partial charge in [0.05, 0.1) is 11.7 Å². The van der Waals surface area contributed by atoms with E-state index in [4.69, 9.17) is 21.4 Å². The van der Waals surface area contributed by atoms with Crippen LogP contribution in [0, 0.1) is 0 Å². The number of carbonyl (C=O) groups is 1. The van der Waals surface area contributed by atoms with Crippen molar-refractivity contribution in [2.75, 3.05) is 16.8 Å². The van der Waals surface area contributed by atoms with Crippen molar-refractivity contribution < 1.29 is 13.9 Å². The number of hydrogen-bond acceptors (Lipinski definition) is 5. The number of nitrogens with zero attached hydrogens (tertiary/aromatic N) is 2. The van der Waals surface area contributed by atoms with Crippen LogP contribution in [0.5, 0.6) is 5.75 Å². The van der Waals surface area contributed by atoms with Crippen molar-refractivity contribution in [1.82, 2.24) is 10.3 Å². The van der Waals surface area contributed by atoms with E-state index in [-0.39, 0.29) is 24.6 Å². The molecule has 2 aromatic heterocycles. The number of para-hydroxylation sites is 1. The zero-order valence-electron chi connectivity index (χ0n) is 21.7. The Labute approximate surface area is 251 Å². The molecule has 41 heavy (non-hydrogen) atoms.